The molecule has 0 unspecified atom stereocenters. The summed E-state index contributed by atoms with van der Waals surface area (Å²) in [6, 6.07) is 4.83. The minimum absolute atomic E-state index is 0.0400. The average molecular weight is 447 g/mol. The largest absolute Gasteiger partial charge is 0.456 e. The van der Waals surface area contributed by atoms with Crippen molar-refractivity contribution in [1.82, 2.24) is 5.32 Å². The molecular formula is C23H27ClN2O5. The van der Waals surface area contributed by atoms with Gasteiger partial charge in [0.15, 0.2) is 12.4 Å². The van der Waals surface area contributed by atoms with Crippen LogP contribution in [0.25, 0.3) is 0 Å². The summed E-state index contributed by atoms with van der Waals surface area (Å²) in [5, 5.41) is 2.94. The van der Waals surface area contributed by atoms with Crippen molar-refractivity contribution in [3.05, 3.63) is 34.9 Å². The molecule has 31 heavy (non-hydrogen) atoms. The summed E-state index contributed by atoms with van der Waals surface area (Å²) >= 11 is 5.83. The highest BCUT2D eigenvalue weighted by Gasteiger charge is 2.54. The Morgan fingerprint density at radius 2 is 1.58 bits per heavy atom. The molecule has 166 valence electrons. The Kier molecular flexibility index (Phi) is 6.06. The number of hydrogen-bond acceptors (Lipinski definition) is 5. The average Bonchev–Trinajstić information content (AvgIpc) is 2.70. The van der Waals surface area contributed by atoms with Crippen molar-refractivity contribution in [2.75, 3.05) is 6.61 Å². The standard InChI is InChI=1S/C23H27ClN2O5/c24-17-3-1-16(2-4-17)21(29)26-18(8-20(25)28)22(30)31-12-19(27)23-9-13-5-14(10-23)7-15(6-13)11-23/h1-4,13-15,18H,5-12H2,(H2,25,28)(H,26,29)/t13?,14?,15?,18-,23?/m1/s1. The molecule has 0 aliphatic heterocycles. The fourth-order valence-corrected chi connectivity index (χ4v) is 6.21. The van der Waals surface area contributed by atoms with Crippen LogP contribution in [0.1, 0.15) is 55.3 Å². The first-order valence-corrected chi connectivity index (χ1v) is 11.2. The van der Waals surface area contributed by atoms with Crippen LogP contribution in [0, 0.1) is 23.2 Å². The van der Waals surface area contributed by atoms with Crippen LogP contribution in [0.3, 0.4) is 0 Å². The van der Waals surface area contributed by atoms with Crippen molar-refractivity contribution in [3.8, 4) is 0 Å². The number of hydrogen-bond donors (Lipinski definition) is 2. The number of carbonyl (C=O) groups is 4. The molecule has 4 saturated carbocycles. The molecule has 0 saturated heterocycles. The molecule has 0 heterocycles. The lowest BCUT2D eigenvalue weighted by molar-refractivity contribution is -0.159. The number of nitrogens with two attached hydrogens (primary N) is 1. The number of benzene rings is 1. The Labute approximate surface area is 186 Å². The van der Waals surface area contributed by atoms with E-state index in [-0.39, 0.29) is 23.4 Å². The summed E-state index contributed by atoms with van der Waals surface area (Å²) in [6.07, 6.45) is 5.87. The van der Waals surface area contributed by atoms with Gasteiger partial charge in [-0.3, -0.25) is 14.4 Å². The lowest BCUT2D eigenvalue weighted by Crippen LogP contribution is -2.51. The predicted octanol–water partition coefficient (Wildman–Crippen LogP) is 2.64. The van der Waals surface area contributed by atoms with Crippen molar-refractivity contribution < 1.29 is 23.9 Å². The molecule has 5 rings (SSSR count). The van der Waals surface area contributed by atoms with Gasteiger partial charge in [-0.25, -0.2) is 4.79 Å². The molecule has 0 radical (unpaired) electrons. The van der Waals surface area contributed by atoms with Gasteiger partial charge in [-0.2, -0.15) is 0 Å². The van der Waals surface area contributed by atoms with Crippen LogP contribution in [0.4, 0.5) is 0 Å². The monoisotopic (exact) mass is 446 g/mol. The van der Waals surface area contributed by atoms with E-state index in [4.69, 9.17) is 22.1 Å². The number of esters is 1. The number of amides is 2. The fraction of sp³-hybridized carbons (Fsp3) is 0.565. The van der Waals surface area contributed by atoms with Crippen LogP contribution < -0.4 is 11.1 Å². The van der Waals surface area contributed by atoms with Gasteiger partial charge in [0, 0.05) is 16.0 Å². The van der Waals surface area contributed by atoms with Crippen LogP contribution in [-0.2, 0) is 19.1 Å². The van der Waals surface area contributed by atoms with E-state index < -0.39 is 30.2 Å². The van der Waals surface area contributed by atoms with E-state index in [1.165, 1.54) is 31.4 Å². The predicted molar refractivity (Wildman–Crippen MR) is 113 cm³/mol. The summed E-state index contributed by atoms with van der Waals surface area (Å²) < 4.78 is 5.28. The molecule has 2 amide bonds. The third-order valence-electron chi connectivity index (χ3n) is 7.08. The maximum Gasteiger partial charge on any atom is 0.329 e. The maximum atomic E-state index is 13.1. The molecule has 3 N–H and O–H groups in total. The minimum atomic E-state index is -1.26. The smallest absolute Gasteiger partial charge is 0.329 e. The SMILES string of the molecule is NC(=O)C[C@@H](NC(=O)c1ccc(Cl)cc1)C(=O)OCC(=O)C12CC3CC(CC(C3)C1)C2. The first-order chi connectivity index (χ1) is 14.7. The van der Waals surface area contributed by atoms with Crippen molar-refractivity contribution in [1.29, 1.82) is 0 Å². The lowest BCUT2D eigenvalue weighted by atomic mass is 9.48. The number of halogens is 1. The van der Waals surface area contributed by atoms with Gasteiger partial charge in [0.2, 0.25) is 5.91 Å². The number of carbonyl (C=O) groups excluding carboxylic acids is 4. The van der Waals surface area contributed by atoms with Gasteiger partial charge in [-0.15, -0.1) is 0 Å². The zero-order valence-corrected chi connectivity index (χ0v) is 18.0. The van der Waals surface area contributed by atoms with Gasteiger partial charge in [0.05, 0.1) is 6.42 Å². The fourth-order valence-electron chi connectivity index (χ4n) is 6.08. The van der Waals surface area contributed by atoms with Gasteiger partial charge in [-0.1, -0.05) is 11.6 Å². The highest BCUT2D eigenvalue weighted by atomic mass is 35.5. The molecule has 1 aromatic carbocycles. The minimum Gasteiger partial charge on any atom is -0.456 e. The van der Waals surface area contributed by atoms with Gasteiger partial charge < -0.3 is 15.8 Å². The van der Waals surface area contributed by atoms with E-state index in [1.807, 2.05) is 0 Å². The number of ether oxygens (including phenoxy) is 1. The van der Waals surface area contributed by atoms with Gasteiger partial charge in [0.25, 0.3) is 5.91 Å². The second-order valence-electron chi connectivity index (χ2n) is 9.43. The highest BCUT2D eigenvalue weighted by Crippen LogP contribution is 2.60. The first kappa shape index (κ1) is 21.8. The zero-order valence-electron chi connectivity index (χ0n) is 17.3. The molecule has 4 aliphatic rings. The molecule has 1 aromatic rings. The van der Waals surface area contributed by atoms with Crippen LogP contribution >= 0.6 is 11.6 Å². The van der Waals surface area contributed by atoms with E-state index in [1.54, 1.807) is 12.1 Å². The molecular weight excluding hydrogens is 420 g/mol. The number of Topliss-reactive ketones (excluding diaryl/α,β-unsaturated/α-hetero) is 1. The van der Waals surface area contributed by atoms with E-state index in [2.05, 4.69) is 5.32 Å². The molecule has 4 aliphatic carbocycles. The number of rotatable bonds is 8. The quantitative estimate of drug-likeness (QED) is 0.595. The normalized spacial score (nSPS) is 29.3. The van der Waals surface area contributed by atoms with Gasteiger partial charge in [-0.05, 0) is 80.5 Å². The lowest BCUT2D eigenvalue weighted by Gasteiger charge is -2.55. The number of nitrogens with one attached hydrogen (secondary N) is 1. The Morgan fingerprint density at radius 3 is 2.10 bits per heavy atom. The highest BCUT2D eigenvalue weighted by molar-refractivity contribution is 6.30. The summed E-state index contributed by atoms with van der Waals surface area (Å²) in [5.74, 6) is -0.384. The molecule has 4 bridgehead atoms. The van der Waals surface area contributed by atoms with Crippen molar-refractivity contribution >= 4 is 35.2 Å². The molecule has 0 aromatic heterocycles. The molecule has 7 nitrogen and oxygen atoms in total. The van der Waals surface area contributed by atoms with Crippen LogP contribution in [0.15, 0.2) is 24.3 Å². The third-order valence-corrected chi connectivity index (χ3v) is 7.33. The molecule has 4 fully saturated rings. The molecule has 1 atom stereocenters. The molecule has 0 spiro atoms. The summed E-state index contributed by atoms with van der Waals surface area (Å²) in [7, 11) is 0. The van der Waals surface area contributed by atoms with Crippen molar-refractivity contribution in [3.63, 3.8) is 0 Å². The summed E-state index contributed by atoms with van der Waals surface area (Å²) in [5.41, 5.74) is 5.14. The van der Waals surface area contributed by atoms with Crippen LogP contribution in [0.2, 0.25) is 5.02 Å². The summed E-state index contributed by atoms with van der Waals surface area (Å²) in [4.78, 5) is 49.5. The Balaban J connectivity index is 1.37. The second-order valence-corrected chi connectivity index (χ2v) is 9.87. The van der Waals surface area contributed by atoms with Crippen molar-refractivity contribution in [2.45, 2.75) is 51.0 Å². The molecule has 8 heteroatoms. The van der Waals surface area contributed by atoms with E-state index in [0.717, 1.165) is 19.3 Å². The number of primary amides is 1. The maximum absolute atomic E-state index is 13.1. The summed E-state index contributed by atoms with van der Waals surface area (Å²) in [6.45, 7) is -0.336. The topological polar surface area (TPSA) is 116 Å². The Hall–Kier alpha value is -2.41. The third kappa shape index (κ3) is 4.76. The van der Waals surface area contributed by atoms with Crippen molar-refractivity contribution in [2.24, 2.45) is 28.9 Å². The Bertz CT molecular complexity index is 862. The van der Waals surface area contributed by atoms with Crippen LogP contribution in [0.5, 0.6) is 0 Å². The Morgan fingerprint density at radius 1 is 1.03 bits per heavy atom. The van der Waals surface area contributed by atoms with Gasteiger partial charge >= 0.3 is 5.97 Å². The van der Waals surface area contributed by atoms with E-state index in [0.29, 0.717) is 22.8 Å². The zero-order chi connectivity index (χ0) is 22.2. The van der Waals surface area contributed by atoms with E-state index >= 15 is 0 Å². The second kappa shape index (κ2) is 8.61. The number of ketones is 1. The van der Waals surface area contributed by atoms with Gasteiger partial charge in [0.1, 0.15) is 6.04 Å². The van der Waals surface area contributed by atoms with Crippen LogP contribution in [-0.4, -0.2) is 36.2 Å². The van der Waals surface area contributed by atoms with E-state index in [9.17, 15) is 19.2 Å². The first-order valence-electron chi connectivity index (χ1n) is 10.8.